The maximum absolute atomic E-state index is 8.95. The molecule has 0 aliphatic rings. The fourth-order valence-corrected chi connectivity index (χ4v) is 3.12. The molecule has 22 heavy (non-hydrogen) atoms. The number of aromatic nitrogens is 1. The van der Waals surface area contributed by atoms with Crippen LogP contribution in [0.4, 0.5) is 0 Å². The van der Waals surface area contributed by atoms with Gasteiger partial charge in [-0.3, -0.25) is 0 Å². The lowest BCUT2D eigenvalue weighted by Gasteiger charge is -2.11. The molecule has 0 unspecified atom stereocenters. The molecule has 118 valence electrons. The summed E-state index contributed by atoms with van der Waals surface area (Å²) < 4.78 is 2.34. The van der Waals surface area contributed by atoms with E-state index in [0.717, 1.165) is 24.9 Å². The summed E-state index contributed by atoms with van der Waals surface area (Å²) in [7, 11) is 0. The summed E-state index contributed by atoms with van der Waals surface area (Å²) in [5.41, 5.74) is 9.92. The highest BCUT2D eigenvalue weighted by Gasteiger charge is 2.12. The SMILES string of the molecule is CCn1c2ccccc2c2cc([C@@H](N)CCCO)ccc21.Cl. The van der Waals surface area contributed by atoms with Gasteiger partial charge in [0.05, 0.1) is 0 Å². The minimum Gasteiger partial charge on any atom is -0.396 e. The zero-order chi connectivity index (χ0) is 14.8. The van der Waals surface area contributed by atoms with Gasteiger partial charge in [0.2, 0.25) is 0 Å². The van der Waals surface area contributed by atoms with Gasteiger partial charge in [-0.25, -0.2) is 0 Å². The monoisotopic (exact) mass is 318 g/mol. The molecule has 1 atom stereocenters. The first-order valence-electron chi connectivity index (χ1n) is 7.63. The summed E-state index contributed by atoms with van der Waals surface area (Å²) in [6, 6.07) is 15.0. The fraction of sp³-hybridized carbons (Fsp3) is 0.333. The van der Waals surface area contributed by atoms with Crippen LogP contribution >= 0.6 is 12.4 Å². The average molecular weight is 319 g/mol. The van der Waals surface area contributed by atoms with Crippen LogP contribution in [0, 0.1) is 0 Å². The Morgan fingerprint density at radius 2 is 1.82 bits per heavy atom. The molecule has 3 N–H and O–H groups in total. The fourth-order valence-electron chi connectivity index (χ4n) is 3.12. The maximum Gasteiger partial charge on any atom is 0.0491 e. The van der Waals surface area contributed by atoms with E-state index in [1.54, 1.807) is 0 Å². The van der Waals surface area contributed by atoms with Crippen molar-refractivity contribution in [3.05, 3.63) is 48.0 Å². The molecule has 1 aromatic heterocycles. The minimum atomic E-state index is -0.00899. The molecule has 0 spiro atoms. The number of benzene rings is 2. The van der Waals surface area contributed by atoms with Crippen LogP contribution < -0.4 is 5.73 Å². The number of hydrogen-bond donors (Lipinski definition) is 2. The number of nitrogens with two attached hydrogens (primary N) is 1. The third-order valence-corrected chi connectivity index (χ3v) is 4.21. The molecule has 0 saturated heterocycles. The van der Waals surface area contributed by atoms with Gasteiger partial charge in [0, 0.05) is 41.0 Å². The van der Waals surface area contributed by atoms with Crippen LogP contribution in [0.15, 0.2) is 42.5 Å². The summed E-state index contributed by atoms with van der Waals surface area (Å²) in [4.78, 5) is 0. The lowest BCUT2D eigenvalue weighted by molar-refractivity contribution is 0.280. The molecule has 0 radical (unpaired) electrons. The largest absolute Gasteiger partial charge is 0.396 e. The van der Waals surface area contributed by atoms with Crippen LogP contribution in [0.3, 0.4) is 0 Å². The Kier molecular flexibility index (Phi) is 5.46. The van der Waals surface area contributed by atoms with Crippen LogP contribution in [-0.2, 0) is 6.54 Å². The molecule has 1 heterocycles. The molecule has 0 amide bonds. The van der Waals surface area contributed by atoms with Crippen LogP contribution in [0.1, 0.15) is 31.4 Å². The second-order valence-electron chi connectivity index (χ2n) is 5.51. The van der Waals surface area contributed by atoms with Crippen molar-refractivity contribution < 1.29 is 5.11 Å². The number of aliphatic hydroxyl groups excluding tert-OH is 1. The summed E-state index contributed by atoms with van der Waals surface area (Å²) in [6.45, 7) is 3.33. The molecule has 0 aliphatic carbocycles. The number of para-hydroxylation sites is 1. The summed E-state index contributed by atoms with van der Waals surface area (Å²) in [5, 5.41) is 11.5. The van der Waals surface area contributed by atoms with Gasteiger partial charge in [0.1, 0.15) is 0 Å². The Bertz CT molecular complexity index is 766. The molecule has 3 rings (SSSR count). The van der Waals surface area contributed by atoms with E-state index in [9.17, 15) is 0 Å². The van der Waals surface area contributed by atoms with Crippen molar-refractivity contribution in [1.29, 1.82) is 0 Å². The van der Waals surface area contributed by atoms with Gasteiger partial charge in [0.15, 0.2) is 0 Å². The smallest absolute Gasteiger partial charge is 0.0491 e. The number of nitrogens with zero attached hydrogens (tertiary/aromatic N) is 1. The van der Waals surface area contributed by atoms with Crippen LogP contribution in [-0.4, -0.2) is 16.3 Å². The van der Waals surface area contributed by atoms with Gasteiger partial charge >= 0.3 is 0 Å². The highest BCUT2D eigenvalue weighted by Crippen LogP contribution is 2.31. The molecule has 0 saturated carbocycles. The highest BCUT2D eigenvalue weighted by molar-refractivity contribution is 6.08. The minimum absolute atomic E-state index is 0. The van der Waals surface area contributed by atoms with Gasteiger partial charge in [-0.2, -0.15) is 0 Å². The normalized spacial score (nSPS) is 12.5. The van der Waals surface area contributed by atoms with Crippen molar-refractivity contribution in [1.82, 2.24) is 4.57 Å². The van der Waals surface area contributed by atoms with Crippen molar-refractivity contribution >= 4 is 34.2 Å². The van der Waals surface area contributed by atoms with E-state index in [-0.39, 0.29) is 25.1 Å². The topological polar surface area (TPSA) is 51.2 Å². The zero-order valence-corrected chi connectivity index (χ0v) is 13.6. The Morgan fingerprint density at radius 3 is 2.55 bits per heavy atom. The number of aryl methyl sites for hydroxylation is 1. The van der Waals surface area contributed by atoms with Crippen molar-refractivity contribution in [2.45, 2.75) is 32.4 Å². The Balaban J connectivity index is 0.00000176. The summed E-state index contributed by atoms with van der Waals surface area (Å²) >= 11 is 0. The Morgan fingerprint density at radius 1 is 1.09 bits per heavy atom. The molecule has 0 aliphatic heterocycles. The predicted octanol–water partition coefficient (Wildman–Crippen LogP) is 4.01. The number of halogens is 1. The van der Waals surface area contributed by atoms with Crippen molar-refractivity contribution in [2.75, 3.05) is 6.61 Å². The quantitative estimate of drug-likeness (QED) is 0.747. The Hall–Kier alpha value is -1.55. The third kappa shape index (κ3) is 2.84. The van der Waals surface area contributed by atoms with Crippen molar-refractivity contribution in [2.24, 2.45) is 5.73 Å². The first-order valence-corrected chi connectivity index (χ1v) is 7.63. The van der Waals surface area contributed by atoms with E-state index in [2.05, 4.69) is 54.0 Å². The second kappa shape index (κ2) is 7.14. The van der Waals surface area contributed by atoms with Gasteiger partial charge in [0.25, 0.3) is 0 Å². The molecule has 3 nitrogen and oxygen atoms in total. The molecule has 2 aromatic carbocycles. The summed E-state index contributed by atoms with van der Waals surface area (Å²) in [5.74, 6) is 0. The Labute approximate surface area is 137 Å². The molecule has 0 bridgehead atoms. The highest BCUT2D eigenvalue weighted by atomic mass is 35.5. The maximum atomic E-state index is 8.95. The van der Waals surface area contributed by atoms with Gasteiger partial charge in [-0.05, 0) is 43.5 Å². The molecule has 3 aromatic rings. The van der Waals surface area contributed by atoms with E-state index in [0.29, 0.717) is 0 Å². The molecule has 4 heteroatoms. The van der Waals surface area contributed by atoms with E-state index < -0.39 is 0 Å². The van der Waals surface area contributed by atoms with E-state index in [4.69, 9.17) is 10.8 Å². The third-order valence-electron chi connectivity index (χ3n) is 4.21. The van der Waals surface area contributed by atoms with Crippen LogP contribution in [0.5, 0.6) is 0 Å². The van der Waals surface area contributed by atoms with Gasteiger partial charge in [-0.15, -0.1) is 12.4 Å². The van der Waals surface area contributed by atoms with Crippen LogP contribution in [0.25, 0.3) is 21.8 Å². The standard InChI is InChI=1S/C18H22N2O.ClH/c1-2-20-17-8-4-3-6-14(17)15-12-13(9-10-18(15)20)16(19)7-5-11-21;/h3-4,6,8-10,12,16,21H,2,5,7,11,19H2,1H3;1H/t16-;/m0./s1. The van der Waals surface area contributed by atoms with Crippen molar-refractivity contribution in [3.8, 4) is 0 Å². The summed E-state index contributed by atoms with van der Waals surface area (Å²) in [6.07, 6.45) is 1.56. The lowest BCUT2D eigenvalue weighted by atomic mass is 10.0. The van der Waals surface area contributed by atoms with E-state index in [1.807, 2.05) is 0 Å². The first kappa shape index (κ1) is 16.8. The number of fused-ring (bicyclic) bond motifs is 3. The first-order chi connectivity index (χ1) is 10.3. The number of hydrogen-bond acceptors (Lipinski definition) is 2. The van der Waals surface area contributed by atoms with E-state index in [1.165, 1.54) is 21.8 Å². The predicted molar refractivity (Wildman–Crippen MR) is 95.6 cm³/mol. The van der Waals surface area contributed by atoms with Gasteiger partial charge < -0.3 is 15.4 Å². The van der Waals surface area contributed by atoms with Crippen LogP contribution in [0.2, 0.25) is 0 Å². The zero-order valence-electron chi connectivity index (χ0n) is 12.8. The van der Waals surface area contributed by atoms with Gasteiger partial charge in [-0.1, -0.05) is 24.3 Å². The molecular formula is C18H23ClN2O. The van der Waals surface area contributed by atoms with Crippen molar-refractivity contribution in [3.63, 3.8) is 0 Å². The van der Waals surface area contributed by atoms with E-state index >= 15 is 0 Å². The lowest BCUT2D eigenvalue weighted by Crippen LogP contribution is -2.10. The number of aliphatic hydroxyl groups is 1. The molecular weight excluding hydrogens is 296 g/mol. The molecule has 0 fully saturated rings. The number of rotatable bonds is 5. The average Bonchev–Trinajstić information content (AvgIpc) is 2.85. The second-order valence-corrected chi connectivity index (χ2v) is 5.51.